The van der Waals surface area contributed by atoms with Crippen LogP contribution in [0.3, 0.4) is 0 Å². The quantitative estimate of drug-likeness (QED) is 0.484. The maximum Gasteiger partial charge on any atom is 0.331 e. The van der Waals surface area contributed by atoms with Crippen LogP contribution in [0.5, 0.6) is 0 Å². The molecule has 4 nitrogen and oxygen atoms in total. The SMILES string of the molecule is CC=C[C@@H]1OC(=O)C=C[C@@H]1OC(=O)/C=C/c1ccc2ccccc2c1. The van der Waals surface area contributed by atoms with Crippen molar-refractivity contribution in [3.8, 4) is 0 Å². The third-order valence-corrected chi connectivity index (χ3v) is 3.82. The number of rotatable bonds is 4. The zero-order chi connectivity index (χ0) is 17.6. The van der Waals surface area contributed by atoms with Crippen molar-refractivity contribution >= 4 is 28.8 Å². The van der Waals surface area contributed by atoms with Crippen molar-refractivity contribution in [2.45, 2.75) is 19.1 Å². The van der Waals surface area contributed by atoms with Gasteiger partial charge in [-0.05, 0) is 47.6 Å². The third kappa shape index (κ3) is 4.23. The first-order valence-corrected chi connectivity index (χ1v) is 8.05. The van der Waals surface area contributed by atoms with Crippen LogP contribution in [-0.2, 0) is 19.1 Å². The minimum atomic E-state index is -0.623. The number of benzene rings is 2. The molecule has 1 heterocycles. The topological polar surface area (TPSA) is 52.6 Å². The van der Waals surface area contributed by atoms with Crippen molar-refractivity contribution < 1.29 is 19.1 Å². The van der Waals surface area contributed by atoms with E-state index < -0.39 is 24.1 Å². The molecule has 126 valence electrons. The van der Waals surface area contributed by atoms with E-state index in [0.717, 1.165) is 16.3 Å². The molecule has 0 bridgehead atoms. The van der Waals surface area contributed by atoms with E-state index in [4.69, 9.17) is 9.47 Å². The summed E-state index contributed by atoms with van der Waals surface area (Å²) in [6, 6.07) is 14.0. The van der Waals surface area contributed by atoms with Gasteiger partial charge in [0.1, 0.15) is 0 Å². The van der Waals surface area contributed by atoms with Gasteiger partial charge in [0.15, 0.2) is 12.2 Å². The molecule has 2 aromatic carbocycles. The van der Waals surface area contributed by atoms with Gasteiger partial charge in [0.2, 0.25) is 0 Å². The maximum atomic E-state index is 12.1. The lowest BCUT2D eigenvalue weighted by molar-refractivity contribution is -0.156. The van der Waals surface area contributed by atoms with Crippen LogP contribution < -0.4 is 0 Å². The number of hydrogen-bond acceptors (Lipinski definition) is 4. The van der Waals surface area contributed by atoms with Gasteiger partial charge in [-0.1, -0.05) is 42.5 Å². The van der Waals surface area contributed by atoms with Crippen LogP contribution >= 0.6 is 0 Å². The molecule has 0 N–H and O–H groups in total. The van der Waals surface area contributed by atoms with Crippen LogP contribution in [0.25, 0.3) is 16.8 Å². The van der Waals surface area contributed by atoms with Crippen LogP contribution in [-0.4, -0.2) is 24.1 Å². The number of carbonyl (C=O) groups is 2. The highest BCUT2D eigenvalue weighted by Crippen LogP contribution is 2.17. The molecule has 2 atom stereocenters. The second-order valence-corrected chi connectivity index (χ2v) is 5.63. The molecule has 0 saturated carbocycles. The van der Waals surface area contributed by atoms with Crippen molar-refractivity contribution in [2.24, 2.45) is 0 Å². The molecule has 2 aromatic rings. The predicted octanol–water partition coefficient (Wildman–Crippen LogP) is 3.82. The Labute approximate surface area is 146 Å². The standard InChI is InChI=1S/C21H18O4/c1-2-5-18-19(11-13-21(23)24-18)25-20(22)12-9-15-8-10-16-6-3-4-7-17(16)14-15/h2-14,18-19H,1H3/b5-2?,12-9+/t18-,19-/m0/s1. The summed E-state index contributed by atoms with van der Waals surface area (Å²) in [5, 5.41) is 2.25. The number of cyclic esters (lactones) is 1. The molecule has 0 radical (unpaired) electrons. The fourth-order valence-corrected chi connectivity index (χ4v) is 2.62. The molecule has 0 saturated heterocycles. The van der Waals surface area contributed by atoms with Crippen molar-refractivity contribution in [1.29, 1.82) is 0 Å². The van der Waals surface area contributed by atoms with Gasteiger partial charge in [-0.25, -0.2) is 9.59 Å². The summed E-state index contributed by atoms with van der Waals surface area (Å²) in [6.45, 7) is 1.81. The van der Waals surface area contributed by atoms with Crippen LogP contribution in [0.15, 0.2) is 72.8 Å². The Hall–Kier alpha value is -3.14. The van der Waals surface area contributed by atoms with Crippen molar-refractivity contribution in [3.63, 3.8) is 0 Å². The van der Waals surface area contributed by atoms with Gasteiger partial charge in [-0.3, -0.25) is 0 Å². The van der Waals surface area contributed by atoms with Crippen molar-refractivity contribution in [2.75, 3.05) is 0 Å². The third-order valence-electron chi connectivity index (χ3n) is 3.82. The largest absolute Gasteiger partial charge is 0.451 e. The van der Waals surface area contributed by atoms with Gasteiger partial charge in [-0.15, -0.1) is 0 Å². The fourth-order valence-electron chi connectivity index (χ4n) is 2.62. The highest BCUT2D eigenvalue weighted by Gasteiger charge is 2.27. The van der Waals surface area contributed by atoms with E-state index in [1.807, 2.05) is 49.4 Å². The number of carbonyl (C=O) groups excluding carboxylic acids is 2. The van der Waals surface area contributed by atoms with Crippen molar-refractivity contribution in [1.82, 2.24) is 0 Å². The molecule has 0 amide bonds. The summed E-state index contributed by atoms with van der Waals surface area (Å²) < 4.78 is 10.5. The Morgan fingerprint density at radius 1 is 1.16 bits per heavy atom. The summed E-state index contributed by atoms with van der Waals surface area (Å²) in [7, 11) is 0. The van der Waals surface area contributed by atoms with Crippen LogP contribution in [0.1, 0.15) is 12.5 Å². The first-order chi connectivity index (χ1) is 12.2. The second-order valence-electron chi connectivity index (χ2n) is 5.63. The molecule has 3 rings (SSSR count). The van der Waals surface area contributed by atoms with Crippen molar-refractivity contribution in [3.05, 3.63) is 78.4 Å². The van der Waals surface area contributed by atoms with Gasteiger partial charge < -0.3 is 9.47 Å². The monoisotopic (exact) mass is 334 g/mol. The summed E-state index contributed by atoms with van der Waals surface area (Å²) >= 11 is 0. The predicted molar refractivity (Wildman–Crippen MR) is 96.7 cm³/mol. The molecule has 25 heavy (non-hydrogen) atoms. The Balaban J connectivity index is 1.69. The van der Waals surface area contributed by atoms with Gasteiger partial charge in [0.25, 0.3) is 0 Å². The molecule has 4 heteroatoms. The summed E-state index contributed by atoms with van der Waals surface area (Å²) in [4.78, 5) is 23.4. The molecule has 1 aliphatic heterocycles. The molecule has 0 fully saturated rings. The zero-order valence-corrected chi connectivity index (χ0v) is 13.8. The van der Waals surface area contributed by atoms with E-state index in [1.165, 1.54) is 18.2 Å². The Kier molecular flexibility index (Phi) is 5.09. The Morgan fingerprint density at radius 3 is 2.76 bits per heavy atom. The average Bonchev–Trinajstić information content (AvgIpc) is 2.62. The lowest BCUT2D eigenvalue weighted by Gasteiger charge is -2.24. The minimum Gasteiger partial charge on any atom is -0.451 e. The van der Waals surface area contributed by atoms with Gasteiger partial charge in [-0.2, -0.15) is 0 Å². The number of hydrogen-bond donors (Lipinski definition) is 0. The fraction of sp³-hybridized carbons (Fsp3) is 0.143. The van der Waals surface area contributed by atoms with Crippen LogP contribution in [0.2, 0.25) is 0 Å². The molecule has 1 aliphatic rings. The normalized spacial score (nSPS) is 20.3. The second kappa shape index (κ2) is 7.62. The zero-order valence-electron chi connectivity index (χ0n) is 13.8. The van der Waals surface area contributed by atoms with E-state index in [2.05, 4.69) is 0 Å². The number of ether oxygens (including phenoxy) is 2. The van der Waals surface area contributed by atoms with Gasteiger partial charge >= 0.3 is 11.9 Å². The average molecular weight is 334 g/mol. The summed E-state index contributed by atoms with van der Waals surface area (Å²) in [5.74, 6) is -0.933. The molecular weight excluding hydrogens is 316 g/mol. The van der Waals surface area contributed by atoms with Gasteiger partial charge in [0, 0.05) is 12.2 Å². The van der Waals surface area contributed by atoms with Crippen LogP contribution in [0, 0.1) is 0 Å². The first-order valence-electron chi connectivity index (χ1n) is 8.05. The smallest absolute Gasteiger partial charge is 0.331 e. The molecule has 0 unspecified atom stereocenters. The van der Waals surface area contributed by atoms with E-state index in [1.54, 1.807) is 18.2 Å². The Morgan fingerprint density at radius 2 is 1.96 bits per heavy atom. The highest BCUT2D eigenvalue weighted by molar-refractivity contribution is 5.90. The molecule has 0 aliphatic carbocycles. The minimum absolute atomic E-state index is 0.442. The maximum absolute atomic E-state index is 12.1. The van der Waals surface area contributed by atoms with E-state index in [-0.39, 0.29) is 0 Å². The number of fused-ring (bicyclic) bond motifs is 1. The number of allylic oxidation sites excluding steroid dienone is 1. The lowest BCUT2D eigenvalue weighted by Crippen LogP contribution is -2.34. The molecular formula is C21H18O4. The first kappa shape index (κ1) is 16.7. The highest BCUT2D eigenvalue weighted by atomic mass is 16.6. The van der Waals surface area contributed by atoms with Gasteiger partial charge in [0.05, 0.1) is 0 Å². The summed E-state index contributed by atoms with van der Waals surface area (Å²) in [6.07, 6.45) is 8.11. The van der Waals surface area contributed by atoms with E-state index >= 15 is 0 Å². The summed E-state index contributed by atoms with van der Waals surface area (Å²) in [5.41, 5.74) is 0.909. The van der Waals surface area contributed by atoms with E-state index in [0.29, 0.717) is 0 Å². The van der Waals surface area contributed by atoms with E-state index in [9.17, 15) is 9.59 Å². The molecule has 0 spiro atoms. The number of esters is 2. The lowest BCUT2D eigenvalue weighted by atomic mass is 10.1. The molecule has 0 aromatic heterocycles. The van der Waals surface area contributed by atoms with Crippen LogP contribution in [0.4, 0.5) is 0 Å². The Bertz CT molecular complexity index is 876.